The zero-order valence-electron chi connectivity index (χ0n) is 11.4. The van der Waals surface area contributed by atoms with Crippen molar-refractivity contribution in [3.63, 3.8) is 0 Å². The average molecular weight is 267 g/mol. The molecule has 1 fully saturated rings. The number of hydrogen-bond acceptors (Lipinski definition) is 3. The maximum atomic E-state index is 10.2. The van der Waals surface area contributed by atoms with Crippen molar-refractivity contribution in [2.45, 2.75) is 51.7 Å². The first kappa shape index (κ1) is 14.0. The van der Waals surface area contributed by atoms with E-state index >= 15 is 0 Å². The van der Waals surface area contributed by atoms with E-state index in [1.807, 2.05) is 11.3 Å². The van der Waals surface area contributed by atoms with Gasteiger partial charge in [-0.15, -0.1) is 11.3 Å². The average Bonchev–Trinajstić information content (AvgIpc) is 3.06. The lowest BCUT2D eigenvalue weighted by Crippen LogP contribution is -2.35. The molecule has 2 N–H and O–H groups in total. The second-order valence-electron chi connectivity index (χ2n) is 5.38. The fourth-order valence-corrected chi connectivity index (χ4v) is 3.54. The summed E-state index contributed by atoms with van der Waals surface area (Å²) in [6.45, 7) is 5.05. The first-order valence-corrected chi connectivity index (χ1v) is 8.09. The minimum absolute atomic E-state index is 0.207. The van der Waals surface area contributed by atoms with Crippen LogP contribution < -0.4 is 5.32 Å². The first-order chi connectivity index (χ1) is 8.76. The zero-order valence-corrected chi connectivity index (χ0v) is 12.2. The first-order valence-electron chi connectivity index (χ1n) is 7.21. The Morgan fingerprint density at radius 2 is 2.11 bits per heavy atom. The van der Waals surface area contributed by atoms with Crippen LogP contribution in [0.1, 0.15) is 50.4 Å². The number of thiophene rings is 1. The Bertz CT molecular complexity index is 330. The highest BCUT2D eigenvalue weighted by atomic mass is 32.1. The molecule has 2 nitrogen and oxygen atoms in total. The molecule has 1 heterocycles. The third-order valence-electron chi connectivity index (χ3n) is 4.08. The van der Waals surface area contributed by atoms with Gasteiger partial charge >= 0.3 is 0 Å². The van der Waals surface area contributed by atoms with Crippen molar-refractivity contribution in [1.82, 2.24) is 5.32 Å². The third-order valence-corrected chi connectivity index (χ3v) is 5.04. The molecule has 1 aromatic rings. The molecule has 18 heavy (non-hydrogen) atoms. The van der Waals surface area contributed by atoms with E-state index in [1.165, 1.54) is 17.7 Å². The van der Waals surface area contributed by atoms with Crippen molar-refractivity contribution in [1.29, 1.82) is 0 Å². The van der Waals surface area contributed by atoms with E-state index < -0.39 is 0 Å². The summed E-state index contributed by atoms with van der Waals surface area (Å²) in [4.78, 5) is 1.43. The third kappa shape index (κ3) is 3.56. The maximum Gasteiger partial charge on any atom is 0.0692 e. The Balaban J connectivity index is 1.86. The Kier molecular flexibility index (Phi) is 5.22. The molecule has 2 atom stereocenters. The Morgan fingerprint density at radius 1 is 1.39 bits per heavy atom. The fourth-order valence-electron chi connectivity index (χ4n) is 2.64. The summed E-state index contributed by atoms with van der Waals surface area (Å²) in [6, 6.07) is 4.80. The van der Waals surface area contributed by atoms with Crippen LogP contribution in [0.3, 0.4) is 0 Å². The molecule has 1 saturated carbocycles. The van der Waals surface area contributed by atoms with Gasteiger partial charge in [0.05, 0.1) is 6.10 Å². The van der Waals surface area contributed by atoms with Crippen LogP contribution in [0, 0.1) is 11.8 Å². The van der Waals surface area contributed by atoms with Gasteiger partial charge in [-0.2, -0.15) is 0 Å². The van der Waals surface area contributed by atoms with Crippen LogP contribution in [0.25, 0.3) is 0 Å². The smallest absolute Gasteiger partial charge is 0.0692 e. The van der Waals surface area contributed by atoms with Crippen molar-refractivity contribution in [2.24, 2.45) is 11.8 Å². The summed E-state index contributed by atoms with van der Waals surface area (Å²) in [6.07, 6.45) is 4.58. The molecule has 0 bridgehead atoms. The fraction of sp³-hybridized carbons (Fsp3) is 0.733. The summed E-state index contributed by atoms with van der Waals surface area (Å²) in [5.74, 6) is 1.22. The summed E-state index contributed by atoms with van der Waals surface area (Å²) < 4.78 is 0. The van der Waals surface area contributed by atoms with Gasteiger partial charge in [0.25, 0.3) is 0 Å². The Hall–Kier alpha value is -0.380. The highest BCUT2D eigenvalue weighted by molar-refractivity contribution is 7.10. The van der Waals surface area contributed by atoms with E-state index in [9.17, 15) is 5.11 Å². The van der Waals surface area contributed by atoms with Crippen molar-refractivity contribution >= 4 is 11.3 Å². The minimum atomic E-state index is -0.207. The monoisotopic (exact) mass is 267 g/mol. The van der Waals surface area contributed by atoms with Gasteiger partial charge < -0.3 is 10.4 Å². The normalized spacial score (nSPS) is 19.1. The predicted octanol–water partition coefficient (Wildman–Crippen LogP) is 3.59. The van der Waals surface area contributed by atoms with Crippen molar-refractivity contribution in [2.75, 3.05) is 6.54 Å². The molecule has 2 unspecified atom stereocenters. The SMILES string of the molecule is CCC(CC)C(O)CNC(c1cccs1)C1CC1. The van der Waals surface area contributed by atoms with Crippen LogP contribution in [0.4, 0.5) is 0 Å². The number of nitrogens with one attached hydrogen (secondary N) is 1. The van der Waals surface area contributed by atoms with E-state index in [0.29, 0.717) is 12.0 Å². The molecule has 0 aromatic carbocycles. The van der Waals surface area contributed by atoms with Gasteiger partial charge in [-0.05, 0) is 36.1 Å². The minimum Gasteiger partial charge on any atom is -0.392 e. The number of rotatable bonds is 8. The van der Waals surface area contributed by atoms with Gasteiger partial charge in [-0.1, -0.05) is 32.8 Å². The van der Waals surface area contributed by atoms with Crippen LogP contribution in [0.15, 0.2) is 17.5 Å². The molecule has 1 aromatic heterocycles. The highest BCUT2D eigenvalue weighted by Crippen LogP contribution is 2.42. The summed E-state index contributed by atoms with van der Waals surface area (Å²) in [5.41, 5.74) is 0. The topological polar surface area (TPSA) is 32.3 Å². The number of aliphatic hydroxyl groups is 1. The predicted molar refractivity (Wildman–Crippen MR) is 77.9 cm³/mol. The molecule has 0 spiro atoms. The van der Waals surface area contributed by atoms with Gasteiger partial charge in [0, 0.05) is 17.5 Å². The molecule has 3 heteroatoms. The molecule has 0 saturated heterocycles. The van der Waals surface area contributed by atoms with Crippen molar-refractivity contribution in [3.8, 4) is 0 Å². The molecule has 102 valence electrons. The lowest BCUT2D eigenvalue weighted by molar-refractivity contribution is 0.0974. The van der Waals surface area contributed by atoms with Crippen molar-refractivity contribution in [3.05, 3.63) is 22.4 Å². The number of aliphatic hydroxyl groups excluding tert-OH is 1. The molecular weight excluding hydrogens is 242 g/mol. The maximum absolute atomic E-state index is 10.2. The molecular formula is C15H25NOS. The second-order valence-corrected chi connectivity index (χ2v) is 6.36. The van der Waals surface area contributed by atoms with E-state index in [1.54, 1.807) is 0 Å². The van der Waals surface area contributed by atoms with E-state index in [2.05, 4.69) is 36.7 Å². The molecule has 0 aliphatic heterocycles. The van der Waals surface area contributed by atoms with Crippen LogP contribution in [-0.4, -0.2) is 17.8 Å². The van der Waals surface area contributed by atoms with Crippen LogP contribution in [-0.2, 0) is 0 Å². The van der Waals surface area contributed by atoms with E-state index in [0.717, 1.165) is 25.3 Å². The van der Waals surface area contributed by atoms with Crippen LogP contribution in [0.2, 0.25) is 0 Å². The quantitative estimate of drug-likeness (QED) is 0.754. The highest BCUT2D eigenvalue weighted by Gasteiger charge is 2.33. The van der Waals surface area contributed by atoms with Gasteiger partial charge in [0.15, 0.2) is 0 Å². The standard InChI is InChI=1S/C15H25NOS/c1-3-11(4-2)13(17)10-16-15(12-7-8-12)14-6-5-9-18-14/h5-6,9,11-13,15-17H,3-4,7-8,10H2,1-2H3. The van der Waals surface area contributed by atoms with E-state index in [4.69, 9.17) is 0 Å². The van der Waals surface area contributed by atoms with Crippen LogP contribution >= 0.6 is 11.3 Å². The molecule has 1 aliphatic rings. The molecule has 0 radical (unpaired) electrons. The molecule has 2 rings (SSSR count). The Labute approximate surface area is 114 Å². The zero-order chi connectivity index (χ0) is 13.0. The number of hydrogen-bond donors (Lipinski definition) is 2. The van der Waals surface area contributed by atoms with Gasteiger partial charge in [0.2, 0.25) is 0 Å². The summed E-state index contributed by atoms with van der Waals surface area (Å²) in [7, 11) is 0. The lowest BCUT2D eigenvalue weighted by atomic mass is 9.96. The molecule has 0 amide bonds. The van der Waals surface area contributed by atoms with E-state index in [-0.39, 0.29) is 6.10 Å². The van der Waals surface area contributed by atoms with Gasteiger partial charge in [-0.25, -0.2) is 0 Å². The summed E-state index contributed by atoms with van der Waals surface area (Å²) >= 11 is 1.83. The van der Waals surface area contributed by atoms with Gasteiger partial charge in [-0.3, -0.25) is 0 Å². The second kappa shape index (κ2) is 6.69. The van der Waals surface area contributed by atoms with Crippen LogP contribution in [0.5, 0.6) is 0 Å². The Morgan fingerprint density at radius 3 is 2.61 bits per heavy atom. The largest absolute Gasteiger partial charge is 0.392 e. The molecule has 1 aliphatic carbocycles. The lowest BCUT2D eigenvalue weighted by Gasteiger charge is -2.24. The summed E-state index contributed by atoms with van der Waals surface area (Å²) in [5, 5.41) is 15.9. The van der Waals surface area contributed by atoms with Gasteiger partial charge in [0.1, 0.15) is 0 Å². The van der Waals surface area contributed by atoms with Crippen molar-refractivity contribution < 1.29 is 5.11 Å².